The zero-order valence-corrected chi connectivity index (χ0v) is 22.5. The molecule has 198 valence electrons. The summed E-state index contributed by atoms with van der Waals surface area (Å²) >= 11 is 13.7. The van der Waals surface area contributed by atoms with Crippen LogP contribution < -0.4 is 9.62 Å². The van der Waals surface area contributed by atoms with Crippen molar-refractivity contribution in [3.8, 4) is 0 Å². The van der Waals surface area contributed by atoms with E-state index in [9.17, 15) is 26.4 Å². The summed E-state index contributed by atoms with van der Waals surface area (Å²) in [4.78, 5) is 12.5. The smallest absolute Gasteiger partial charge is 0.354 e. The van der Waals surface area contributed by atoms with Crippen molar-refractivity contribution in [2.45, 2.75) is 23.2 Å². The van der Waals surface area contributed by atoms with E-state index in [0.29, 0.717) is 21.8 Å². The van der Waals surface area contributed by atoms with Gasteiger partial charge in [-0.15, -0.1) is 0 Å². The average molecular weight is 592 g/mol. The summed E-state index contributed by atoms with van der Waals surface area (Å²) in [5, 5.41) is 3.05. The number of carbonyl (C=O) groups excluding carboxylic acids is 1. The lowest BCUT2D eigenvalue weighted by Crippen LogP contribution is -2.41. The Bertz CT molecular complexity index is 1320. The van der Waals surface area contributed by atoms with Gasteiger partial charge in [-0.3, -0.25) is 9.10 Å². The maximum absolute atomic E-state index is 13.3. The highest BCUT2D eigenvalue weighted by Gasteiger charge is 2.34. The van der Waals surface area contributed by atoms with Gasteiger partial charge < -0.3 is 5.32 Å². The minimum absolute atomic E-state index is 0.186. The normalized spacial score (nSPS) is 11.8. The van der Waals surface area contributed by atoms with E-state index in [2.05, 4.69) is 5.32 Å². The van der Waals surface area contributed by atoms with Gasteiger partial charge in [-0.05, 0) is 60.2 Å². The molecule has 0 atom stereocenters. The first-order valence-corrected chi connectivity index (χ1v) is 14.4. The molecule has 12 heteroatoms. The lowest BCUT2D eigenvalue weighted by Gasteiger charge is -2.25. The Labute approximate surface area is 228 Å². The van der Waals surface area contributed by atoms with Crippen molar-refractivity contribution in [2.75, 3.05) is 23.1 Å². The molecule has 1 N–H and O–H groups in total. The van der Waals surface area contributed by atoms with Crippen LogP contribution in [-0.2, 0) is 26.7 Å². The predicted molar refractivity (Wildman–Crippen MR) is 143 cm³/mol. The molecule has 1 amide bonds. The molecule has 0 saturated heterocycles. The fourth-order valence-electron chi connectivity index (χ4n) is 3.30. The second kappa shape index (κ2) is 12.9. The molecule has 3 aromatic rings. The van der Waals surface area contributed by atoms with Crippen molar-refractivity contribution >= 4 is 56.6 Å². The zero-order chi connectivity index (χ0) is 27.1. The van der Waals surface area contributed by atoms with Crippen LogP contribution in [0.1, 0.15) is 17.5 Å². The Hall–Kier alpha value is -2.40. The van der Waals surface area contributed by atoms with Crippen LogP contribution in [0.4, 0.5) is 18.9 Å². The van der Waals surface area contributed by atoms with Gasteiger partial charge in [0.15, 0.2) is 0 Å². The number of nitrogens with zero attached hydrogens (tertiary/aromatic N) is 1. The number of rotatable bonds is 11. The maximum atomic E-state index is 13.3. The third-order valence-electron chi connectivity index (χ3n) is 5.11. The Morgan fingerprint density at radius 2 is 1.70 bits per heavy atom. The number of amides is 1. The third kappa shape index (κ3) is 8.29. The van der Waals surface area contributed by atoms with Gasteiger partial charge in [0, 0.05) is 17.3 Å². The van der Waals surface area contributed by atoms with Crippen molar-refractivity contribution in [3.63, 3.8) is 0 Å². The van der Waals surface area contributed by atoms with E-state index in [0.717, 1.165) is 29.2 Å². The molecule has 0 spiro atoms. The van der Waals surface area contributed by atoms with Crippen molar-refractivity contribution in [3.05, 3.63) is 94.0 Å². The van der Waals surface area contributed by atoms with E-state index in [1.807, 2.05) is 18.2 Å². The molecule has 3 aromatic carbocycles. The number of hydrogen-bond donors (Lipinski definition) is 1. The van der Waals surface area contributed by atoms with Crippen LogP contribution in [0.15, 0.2) is 77.7 Å². The fraction of sp³-hybridized carbons (Fsp3) is 0.240. The van der Waals surface area contributed by atoms with Crippen molar-refractivity contribution in [1.82, 2.24) is 5.32 Å². The number of nitrogens with one attached hydrogen (secondary N) is 1. The van der Waals surface area contributed by atoms with Crippen LogP contribution >= 0.6 is 35.0 Å². The predicted octanol–water partition coefficient (Wildman–Crippen LogP) is 6.65. The summed E-state index contributed by atoms with van der Waals surface area (Å²) < 4.78 is 67.3. The molecule has 0 aliphatic rings. The first kappa shape index (κ1) is 29.2. The molecule has 37 heavy (non-hydrogen) atoms. The standard InChI is InChI=1S/C25H23Cl2F3N2O3S2/c26-20-7-4-6-18(14-20)17-36-13-5-12-31-24(33)16-32(37(34,35)21-8-2-1-3-9-21)23-15-19(25(28,29)30)10-11-22(23)27/h1-4,6-11,14-15H,5,12-13,16-17H2,(H,31,33). The number of sulfonamides is 1. The van der Waals surface area contributed by atoms with E-state index >= 15 is 0 Å². The number of hydrogen-bond acceptors (Lipinski definition) is 4. The van der Waals surface area contributed by atoms with E-state index in [1.165, 1.54) is 24.3 Å². The topological polar surface area (TPSA) is 66.5 Å². The molecule has 0 heterocycles. The maximum Gasteiger partial charge on any atom is 0.416 e. The molecule has 0 unspecified atom stereocenters. The van der Waals surface area contributed by atoms with Gasteiger partial charge in [0.2, 0.25) is 5.91 Å². The lowest BCUT2D eigenvalue weighted by molar-refractivity contribution is -0.137. The van der Waals surface area contributed by atoms with Gasteiger partial charge in [0.25, 0.3) is 10.0 Å². The minimum Gasteiger partial charge on any atom is -0.354 e. The Morgan fingerprint density at radius 1 is 0.973 bits per heavy atom. The molecule has 0 bridgehead atoms. The number of alkyl halides is 3. The third-order valence-corrected chi connectivity index (χ3v) is 8.55. The summed E-state index contributed by atoms with van der Waals surface area (Å²) in [6, 6.07) is 16.9. The summed E-state index contributed by atoms with van der Waals surface area (Å²) in [5.41, 5.74) is -0.453. The highest BCUT2D eigenvalue weighted by molar-refractivity contribution is 7.98. The first-order valence-electron chi connectivity index (χ1n) is 11.0. The second-order valence-electron chi connectivity index (χ2n) is 7.87. The molecule has 0 aromatic heterocycles. The zero-order valence-electron chi connectivity index (χ0n) is 19.3. The number of carbonyl (C=O) groups is 1. The van der Waals surface area contributed by atoms with Crippen LogP contribution in [0.25, 0.3) is 0 Å². The molecule has 0 radical (unpaired) electrons. The number of thioether (sulfide) groups is 1. The van der Waals surface area contributed by atoms with Crippen LogP contribution in [0.2, 0.25) is 10.0 Å². The lowest BCUT2D eigenvalue weighted by atomic mass is 10.2. The van der Waals surface area contributed by atoms with Crippen LogP contribution in [0.5, 0.6) is 0 Å². The summed E-state index contributed by atoms with van der Waals surface area (Å²) in [7, 11) is -4.40. The van der Waals surface area contributed by atoms with Crippen LogP contribution in [0.3, 0.4) is 0 Å². The van der Waals surface area contributed by atoms with Crippen molar-refractivity contribution < 1.29 is 26.4 Å². The minimum atomic E-state index is -4.73. The Balaban J connectivity index is 1.70. The Morgan fingerprint density at radius 3 is 2.38 bits per heavy atom. The molecule has 0 saturated carbocycles. The van der Waals surface area contributed by atoms with Crippen molar-refractivity contribution in [2.24, 2.45) is 0 Å². The quantitative estimate of drug-likeness (QED) is 0.254. The first-order chi connectivity index (χ1) is 17.5. The average Bonchev–Trinajstić information content (AvgIpc) is 2.85. The molecule has 3 rings (SSSR count). The molecular weight excluding hydrogens is 568 g/mol. The fourth-order valence-corrected chi connectivity index (χ4v) is 6.15. The summed E-state index contributed by atoms with van der Waals surface area (Å²) in [6.07, 6.45) is -4.13. The number of halogens is 5. The van der Waals surface area contributed by atoms with Gasteiger partial charge >= 0.3 is 6.18 Å². The van der Waals surface area contributed by atoms with Gasteiger partial charge in [0.05, 0.1) is 21.2 Å². The summed E-state index contributed by atoms with van der Waals surface area (Å²) in [6.45, 7) is -0.481. The van der Waals surface area contributed by atoms with Gasteiger partial charge in [-0.2, -0.15) is 24.9 Å². The van der Waals surface area contributed by atoms with Gasteiger partial charge in [-0.25, -0.2) is 8.42 Å². The highest BCUT2D eigenvalue weighted by Crippen LogP contribution is 2.37. The van der Waals surface area contributed by atoms with Gasteiger partial charge in [0.1, 0.15) is 6.54 Å². The monoisotopic (exact) mass is 590 g/mol. The number of anilines is 1. The molecule has 0 aliphatic heterocycles. The van der Waals surface area contributed by atoms with E-state index in [1.54, 1.807) is 23.9 Å². The number of benzene rings is 3. The molecule has 0 aliphatic carbocycles. The SMILES string of the molecule is O=C(CN(c1cc(C(F)(F)F)ccc1Cl)S(=O)(=O)c1ccccc1)NCCCSCc1cccc(Cl)c1. The summed E-state index contributed by atoms with van der Waals surface area (Å²) in [5.74, 6) is 0.789. The van der Waals surface area contributed by atoms with Crippen LogP contribution in [-0.4, -0.2) is 33.2 Å². The van der Waals surface area contributed by atoms with E-state index < -0.39 is 39.9 Å². The van der Waals surface area contributed by atoms with Crippen LogP contribution in [0, 0.1) is 0 Å². The van der Waals surface area contributed by atoms with E-state index in [4.69, 9.17) is 23.2 Å². The largest absolute Gasteiger partial charge is 0.416 e. The highest BCUT2D eigenvalue weighted by atomic mass is 35.5. The van der Waals surface area contributed by atoms with Gasteiger partial charge in [-0.1, -0.05) is 53.5 Å². The van der Waals surface area contributed by atoms with E-state index in [-0.39, 0.29) is 16.5 Å². The Kier molecular flexibility index (Phi) is 10.2. The molecular formula is C25H23Cl2F3N2O3S2. The molecule has 0 fully saturated rings. The molecule has 5 nitrogen and oxygen atoms in total. The second-order valence-corrected chi connectivity index (χ2v) is 11.7. The van der Waals surface area contributed by atoms with Crippen molar-refractivity contribution in [1.29, 1.82) is 0 Å².